The molecule has 2 unspecified atom stereocenters. The van der Waals surface area contributed by atoms with Crippen molar-refractivity contribution in [1.82, 2.24) is 9.88 Å². The van der Waals surface area contributed by atoms with Crippen LogP contribution in [0.5, 0.6) is 11.5 Å². The Morgan fingerprint density at radius 3 is 2.67 bits per heavy atom. The predicted molar refractivity (Wildman–Crippen MR) is 102 cm³/mol. The number of rotatable bonds is 7. The minimum Gasteiger partial charge on any atom is -0.493 e. The zero-order valence-electron chi connectivity index (χ0n) is 15.8. The number of likely N-dealkylation sites (tertiary alicyclic amines) is 1. The van der Waals surface area contributed by atoms with Crippen LogP contribution in [-0.4, -0.2) is 40.7 Å². The molecule has 2 aromatic rings. The molecule has 1 N–H and O–H groups in total. The minimum atomic E-state index is -0.704. The summed E-state index contributed by atoms with van der Waals surface area (Å²) in [5, 5.41) is 9.31. The molecule has 27 heavy (non-hydrogen) atoms. The first-order valence-corrected chi connectivity index (χ1v) is 9.22. The molecule has 3 rings (SSSR count). The Morgan fingerprint density at radius 1 is 1.19 bits per heavy atom. The van der Waals surface area contributed by atoms with Crippen molar-refractivity contribution < 1.29 is 19.4 Å². The summed E-state index contributed by atoms with van der Waals surface area (Å²) in [6.45, 7) is 3.88. The van der Waals surface area contributed by atoms with Crippen LogP contribution in [0.3, 0.4) is 0 Å². The Morgan fingerprint density at radius 2 is 1.96 bits per heavy atom. The van der Waals surface area contributed by atoms with E-state index in [0.29, 0.717) is 37.2 Å². The molecule has 6 nitrogen and oxygen atoms in total. The number of carbonyl (C=O) groups is 1. The smallest absolute Gasteiger partial charge is 0.307 e. The number of carboxylic acids is 1. The molecule has 1 aliphatic rings. The molecule has 1 saturated heterocycles. The standard InChI is InChI=1S/C21H26N2O4/c1-15-3-5-18(21(24)25)13-23(15)12-17-4-6-19(20(11-17)26-2)27-14-16-7-9-22-10-8-16/h4,6-11,15,18H,3,5,12-14H2,1-2H3,(H,24,25). The summed E-state index contributed by atoms with van der Waals surface area (Å²) < 4.78 is 11.4. The molecule has 1 aliphatic heterocycles. The van der Waals surface area contributed by atoms with Gasteiger partial charge in [-0.3, -0.25) is 14.7 Å². The summed E-state index contributed by atoms with van der Waals surface area (Å²) in [5.74, 6) is 0.379. The number of hydrogen-bond acceptors (Lipinski definition) is 5. The average Bonchev–Trinajstić information content (AvgIpc) is 2.69. The van der Waals surface area contributed by atoms with E-state index in [9.17, 15) is 9.90 Å². The molecular weight excluding hydrogens is 344 g/mol. The van der Waals surface area contributed by atoms with Gasteiger partial charge in [-0.2, -0.15) is 0 Å². The number of hydrogen-bond donors (Lipinski definition) is 1. The zero-order chi connectivity index (χ0) is 19.2. The number of aliphatic carboxylic acids is 1. The highest BCUT2D eigenvalue weighted by atomic mass is 16.5. The third kappa shape index (κ3) is 4.98. The number of methoxy groups -OCH3 is 1. The van der Waals surface area contributed by atoms with Crippen LogP contribution in [0, 0.1) is 5.92 Å². The molecule has 0 saturated carbocycles. The van der Waals surface area contributed by atoms with Crippen LogP contribution in [0.2, 0.25) is 0 Å². The maximum Gasteiger partial charge on any atom is 0.307 e. The Bertz CT molecular complexity index is 766. The fraction of sp³-hybridized carbons (Fsp3) is 0.429. The highest BCUT2D eigenvalue weighted by Gasteiger charge is 2.29. The molecule has 1 aromatic heterocycles. The van der Waals surface area contributed by atoms with Gasteiger partial charge in [-0.25, -0.2) is 0 Å². The SMILES string of the molecule is COc1cc(CN2CC(C(=O)O)CCC2C)ccc1OCc1ccncc1. The molecule has 2 atom stereocenters. The third-order valence-corrected chi connectivity index (χ3v) is 5.12. The molecule has 0 aliphatic carbocycles. The molecular formula is C21H26N2O4. The lowest BCUT2D eigenvalue weighted by molar-refractivity contribution is -0.144. The summed E-state index contributed by atoms with van der Waals surface area (Å²) in [7, 11) is 1.63. The van der Waals surface area contributed by atoms with Crippen molar-refractivity contribution in [3.05, 3.63) is 53.9 Å². The molecule has 0 spiro atoms. The monoisotopic (exact) mass is 370 g/mol. The summed E-state index contributed by atoms with van der Waals surface area (Å²) >= 11 is 0. The number of aromatic nitrogens is 1. The number of benzene rings is 1. The summed E-state index contributed by atoms with van der Waals surface area (Å²) in [6.07, 6.45) is 5.13. The summed E-state index contributed by atoms with van der Waals surface area (Å²) in [6, 6.07) is 10.1. The van der Waals surface area contributed by atoms with Crippen LogP contribution in [0.15, 0.2) is 42.7 Å². The lowest BCUT2D eigenvalue weighted by Crippen LogP contribution is -2.43. The van der Waals surface area contributed by atoms with Crippen LogP contribution in [0.25, 0.3) is 0 Å². The van der Waals surface area contributed by atoms with Crippen LogP contribution in [0.4, 0.5) is 0 Å². The van der Waals surface area contributed by atoms with Gasteiger partial charge in [-0.15, -0.1) is 0 Å². The molecule has 2 heterocycles. The van der Waals surface area contributed by atoms with E-state index in [-0.39, 0.29) is 5.92 Å². The maximum absolute atomic E-state index is 11.3. The van der Waals surface area contributed by atoms with Crippen molar-refractivity contribution in [2.45, 2.75) is 39.0 Å². The van der Waals surface area contributed by atoms with Crippen LogP contribution >= 0.6 is 0 Å². The van der Waals surface area contributed by atoms with E-state index in [4.69, 9.17) is 9.47 Å². The van der Waals surface area contributed by atoms with Gasteiger partial charge in [-0.05, 0) is 55.2 Å². The molecule has 0 bridgehead atoms. The molecule has 144 valence electrons. The Hall–Kier alpha value is -2.60. The van der Waals surface area contributed by atoms with Crippen molar-refractivity contribution in [2.24, 2.45) is 5.92 Å². The summed E-state index contributed by atoms with van der Waals surface area (Å²) in [4.78, 5) is 17.6. The number of pyridine rings is 1. The van der Waals surface area contributed by atoms with Crippen LogP contribution < -0.4 is 9.47 Å². The van der Waals surface area contributed by atoms with Gasteiger partial charge < -0.3 is 14.6 Å². The van der Waals surface area contributed by atoms with Crippen molar-refractivity contribution >= 4 is 5.97 Å². The normalized spacial score (nSPS) is 20.2. The molecule has 0 amide bonds. The highest BCUT2D eigenvalue weighted by molar-refractivity contribution is 5.70. The third-order valence-electron chi connectivity index (χ3n) is 5.12. The van der Waals surface area contributed by atoms with Crippen LogP contribution in [0.1, 0.15) is 30.9 Å². The van der Waals surface area contributed by atoms with E-state index in [2.05, 4.69) is 16.8 Å². The van der Waals surface area contributed by atoms with Crippen LogP contribution in [-0.2, 0) is 17.9 Å². The van der Waals surface area contributed by atoms with Gasteiger partial charge in [0, 0.05) is 31.5 Å². The van der Waals surface area contributed by atoms with Gasteiger partial charge in [-0.1, -0.05) is 6.07 Å². The maximum atomic E-state index is 11.3. The number of ether oxygens (including phenoxy) is 2. The first-order valence-electron chi connectivity index (χ1n) is 9.22. The molecule has 1 fully saturated rings. The topological polar surface area (TPSA) is 71.9 Å². The lowest BCUT2D eigenvalue weighted by Gasteiger charge is -2.36. The number of carboxylic acid groups (broad SMARTS) is 1. The molecule has 6 heteroatoms. The van der Waals surface area contributed by atoms with Crippen molar-refractivity contribution in [3.63, 3.8) is 0 Å². The lowest BCUT2D eigenvalue weighted by atomic mass is 9.93. The largest absolute Gasteiger partial charge is 0.493 e. The number of piperidine rings is 1. The molecule has 1 aromatic carbocycles. The van der Waals surface area contributed by atoms with Gasteiger partial charge in [0.05, 0.1) is 13.0 Å². The fourth-order valence-electron chi connectivity index (χ4n) is 3.41. The second-order valence-corrected chi connectivity index (χ2v) is 7.02. The van der Waals surface area contributed by atoms with Gasteiger partial charge in [0.2, 0.25) is 0 Å². The summed E-state index contributed by atoms with van der Waals surface area (Å²) in [5.41, 5.74) is 2.12. The highest BCUT2D eigenvalue weighted by Crippen LogP contribution is 2.31. The second-order valence-electron chi connectivity index (χ2n) is 7.02. The zero-order valence-corrected chi connectivity index (χ0v) is 15.8. The first kappa shape index (κ1) is 19.2. The molecule has 0 radical (unpaired) electrons. The van der Waals surface area contributed by atoms with Gasteiger partial charge in [0.15, 0.2) is 11.5 Å². The Balaban J connectivity index is 1.67. The minimum absolute atomic E-state index is 0.286. The van der Waals surface area contributed by atoms with Crippen molar-refractivity contribution in [1.29, 1.82) is 0 Å². The Labute approximate surface area is 159 Å². The van der Waals surface area contributed by atoms with E-state index in [1.165, 1.54) is 0 Å². The average molecular weight is 370 g/mol. The van der Waals surface area contributed by atoms with E-state index in [0.717, 1.165) is 24.0 Å². The van der Waals surface area contributed by atoms with Gasteiger partial charge >= 0.3 is 5.97 Å². The van der Waals surface area contributed by atoms with E-state index in [1.54, 1.807) is 19.5 Å². The predicted octanol–water partition coefficient (Wildman–Crippen LogP) is 3.35. The van der Waals surface area contributed by atoms with Gasteiger partial charge in [0.1, 0.15) is 6.61 Å². The second kappa shape index (κ2) is 8.86. The Kier molecular flexibility index (Phi) is 6.29. The van der Waals surface area contributed by atoms with E-state index < -0.39 is 5.97 Å². The number of nitrogens with zero attached hydrogens (tertiary/aromatic N) is 2. The quantitative estimate of drug-likeness (QED) is 0.806. The van der Waals surface area contributed by atoms with Crippen molar-refractivity contribution in [2.75, 3.05) is 13.7 Å². The van der Waals surface area contributed by atoms with E-state index >= 15 is 0 Å². The van der Waals surface area contributed by atoms with Crippen molar-refractivity contribution in [3.8, 4) is 11.5 Å². The fourth-order valence-corrected chi connectivity index (χ4v) is 3.41. The first-order chi connectivity index (χ1) is 13.1. The van der Waals surface area contributed by atoms with E-state index in [1.807, 2.05) is 30.3 Å². The van der Waals surface area contributed by atoms with Gasteiger partial charge in [0.25, 0.3) is 0 Å².